The molecule has 3 heteroatoms. The molecule has 3 nitrogen and oxygen atoms in total. The van der Waals surface area contributed by atoms with Crippen molar-refractivity contribution in [1.29, 1.82) is 0 Å². The third-order valence-electron chi connectivity index (χ3n) is 4.91. The number of hydrogen-bond donors (Lipinski definition) is 1. The van der Waals surface area contributed by atoms with Gasteiger partial charge in [-0.15, -0.1) is 0 Å². The van der Waals surface area contributed by atoms with Crippen LogP contribution in [0.1, 0.15) is 31.5 Å². The topological polar surface area (TPSA) is 37.5 Å². The summed E-state index contributed by atoms with van der Waals surface area (Å²) in [5, 5.41) is 13.2. The van der Waals surface area contributed by atoms with Gasteiger partial charge >= 0.3 is 0 Å². The van der Waals surface area contributed by atoms with Crippen molar-refractivity contribution in [3.63, 3.8) is 0 Å². The second-order valence-electron chi connectivity index (χ2n) is 7.49. The third kappa shape index (κ3) is 2.76. The van der Waals surface area contributed by atoms with E-state index in [1.807, 2.05) is 12.1 Å². The monoisotopic (exact) mass is 330 g/mol. The summed E-state index contributed by atoms with van der Waals surface area (Å²) in [6.07, 6.45) is 1.73. The first-order valence-corrected chi connectivity index (χ1v) is 8.66. The highest BCUT2D eigenvalue weighted by molar-refractivity contribution is 6.04. The van der Waals surface area contributed by atoms with E-state index in [9.17, 15) is 5.21 Å². The molecule has 1 aliphatic rings. The van der Waals surface area contributed by atoms with Crippen LogP contribution in [0.25, 0.3) is 16.9 Å². The minimum atomic E-state index is 0.0629. The number of rotatable bonds is 2. The molecular weight excluding hydrogens is 308 g/mol. The summed E-state index contributed by atoms with van der Waals surface area (Å²) in [6, 6.07) is 23.0. The van der Waals surface area contributed by atoms with Crippen molar-refractivity contribution >= 4 is 5.71 Å². The smallest absolute Gasteiger partial charge is 0.0891 e. The van der Waals surface area contributed by atoms with E-state index in [2.05, 4.69) is 78.2 Å². The number of benzene rings is 2. The van der Waals surface area contributed by atoms with Gasteiger partial charge in [0.1, 0.15) is 0 Å². The Kier molecular flexibility index (Phi) is 3.72. The Bertz CT molecular complexity index is 921. The van der Waals surface area contributed by atoms with Crippen molar-refractivity contribution in [3.8, 4) is 16.9 Å². The fourth-order valence-electron chi connectivity index (χ4n) is 3.82. The van der Waals surface area contributed by atoms with Gasteiger partial charge < -0.3 is 9.77 Å². The summed E-state index contributed by atoms with van der Waals surface area (Å²) in [5.74, 6) is 0. The van der Waals surface area contributed by atoms with Gasteiger partial charge in [0.15, 0.2) is 0 Å². The van der Waals surface area contributed by atoms with Crippen LogP contribution in [0, 0.1) is 5.41 Å². The molecule has 0 amide bonds. The molecule has 1 N–H and O–H groups in total. The Labute approximate surface area is 148 Å². The van der Waals surface area contributed by atoms with Crippen molar-refractivity contribution in [2.75, 3.05) is 0 Å². The Balaban J connectivity index is 2.02. The summed E-state index contributed by atoms with van der Waals surface area (Å²) in [6.45, 7) is 4.46. The Morgan fingerprint density at radius 1 is 0.920 bits per heavy atom. The molecule has 0 bridgehead atoms. The highest BCUT2D eigenvalue weighted by Crippen LogP contribution is 2.40. The van der Waals surface area contributed by atoms with Gasteiger partial charge in [-0.1, -0.05) is 67.5 Å². The minimum absolute atomic E-state index is 0.0629. The zero-order valence-corrected chi connectivity index (χ0v) is 14.6. The standard InChI is InChI=1S/C22H22N2O/c1-22(2)14-19(23-25)18-13-20(16-9-5-3-6-10-16)24(21(18)15-22)17-11-7-4-8-12-17/h3-13,25H,14-15H2,1-2H3. The molecule has 1 heterocycles. The lowest BCUT2D eigenvalue weighted by Gasteiger charge is -2.31. The van der Waals surface area contributed by atoms with Crippen LogP contribution in [0.5, 0.6) is 0 Å². The fraction of sp³-hybridized carbons (Fsp3) is 0.227. The summed E-state index contributed by atoms with van der Waals surface area (Å²) in [7, 11) is 0. The molecule has 0 saturated carbocycles. The Morgan fingerprint density at radius 2 is 1.56 bits per heavy atom. The molecule has 0 fully saturated rings. The molecule has 0 atom stereocenters. The molecule has 126 valence electrons. The van der Waals surface area contributed by atoms with Crippen molar-refractivity contribution in [1.82, 2.24) is 4.57 Å². The van der Waals surface area contributed by atoms with Crippen LogP contribution in [0.3, 0.4) is 0 Å². The van der Waals surface area contributed by atoms with Crippen molar-refractivity contribution in [2.24, 2.45) is 10.6 Å². The van der Waals surface area contributed by atoms with E-state index in [4.69, 9.17) is 0 Å². The predicted octanol–water partition coefficient (Wildman–Crippen LogP) is 5.30. The van der Waals surface area contributed by atoms with Gasteiger partial charge in [-0.05, 0) is 42.0 Å². The molecule has 0 radical (unpaired) electrons. The lowest BCUT2D eigenvalue weighted by Crippen LogP contribution is -2.28. The van der Waals surface area contributed by atoms with Crippen LogP contribution in [0.2, 0.25) is 0 Å². The first-order chi connectivity index (χ1) is 12.1. The zero-order chi connectivity index (χ0) is 17.4. The normalized spacial score (nSPS) is 17.4. The highest BCUT2D eigenvalue weighted by atomic mass is 16.4. The molecule has 25 heavy (non-hydrogen) atoms. The number of nitrogens with zero attached hydrogens (tertiary/aromatic N) is 2. The van der Waals surface area contributed by atoms with Crippen LogP contribution < -0.4 is 0 Å². The molecule has 0 aliphatic heterocycles. The predicted molar refractivity (Wildman–Crippen MR) is 102 cm³/mol. The summed E-state index contributed by atoms with van der Waals surface area (Å²) >= 11 is 0. The van der Waals surface area contributed by atoms with E-state index < -0.39 is 0 Å². The van der Waals surface area contributed by atoms with E-state index in [0.717, 1.165) is 41.1 Å². The quantitative estimate of drug-likeness (QED) is 0.503. The Morgan fingerprint density at radius 3 is 2.20 bits per heavy atom. The number of hydrogen-bond acceptors (Lipinski definition) is 2. The Hall–Kier alpha value is -2.81. The average molecular weight is 330 g/mol. The molecule has 3 aromatic rings. The SMILES string of the molecule is CC1(C)CC(=NO)c2cc(-c3ccccc3)n(-c3ccccc3)c2C1. The van der Waals surface area contributed by atoms with E-state index in [0.29, 0.717) is 0 Å². The maximum absolute atomic E-state index is 9.59. The van der Waals surface area contributed by atoms with Crippen LogP contribution in [-0.2, 0) is 6.42 Å². The maximum atomic E-state index is 9.59. The van der Waals surface area contributed by atoms with Gasteiger partial charge in [-0.25, -0.2) is 0 Å². The first-order valence-electron chi connectivity index (χ1n) is 8.66. The zero-order valence-electron chi connectivity index (χ0n) is 14.6. The molecule has 1 aromatic heterocycles. The molecule has 2 aromatic carbocycles. The summed E-state index contributed by atoms with van der Waals surface area (Å²) in [5.41, 5.74) is 6.55. The van der Waals surface area contributed by atoms with Crippen LogP contribution in [-0.4, -0.2) is 15.5 Å². The number of para-hydroxylation sites is 1. The van der Waals surface area contributed by atoms with Gasteiger partial charge in [0, 0.05) is 16.9 Å². The van der Waals surface area contributed by atoms with E-state index in [1.54, 1.807) is 0 Å². The van der Waals surface area contributed by atoms with Gasteiger partial charge in [0.25, 0.3) is 0 Å². The van der Waals surface area contributed by atoms with E-state index in [-0.39, 0.29) is 5.41 Å². The second kappa shape index (κ2) is 5.92. The average Bonchev–Trinajstić information content (AvgIpc) is 3.00. The summed E-state index contributed by atoms with van der Waals surface area (Å²) in [4.78, 5) is 0. The van der Waals surface area contributed by atoms with E-state index >= 15 is 0 Å². The van der Waals surface area contributed by atoms with Crippen LogP contribution in [0.4, 0.5) is 0 Å². The maximum Gasteiger partial charge on any atom is 0.0891 e. The molecule has 4 rings (SSSR count). The summed E-state index contributed by atoms with van der Waals surface area (Å²) < 4.78 is 2.32. The molecule has 0 unspecified atom stereocenters. The van der Waals surface area contributed by atoms with Crippen LogP contribution >= 0.6 is 0 Å². The largest absolute Gasteiger partial charge is 0.411 e. The van der Waals surface area contributed by atoms with Gasteiger partial charge in [-0.2, -0.15) is 0 Å². The van der Waals surface area contributed by atoms with Gasteiger partial charge in [-0.3, -0.25) is 0 Å². The van der Waals surface area contributed by atoms with Gasteiger partial charge in [0.05, 0.1) is 11.4 Å². The van der Waals surface area contributed by atoms with Crippen LogP contribution in [0.15, 0.2) is 71.9 Å². The molecule has 0 spiro atoms. The molecule has 0 saturated heterocycles. The highest BCUT2D eigenvalue weighted by Gasteiger charge is 2.34. The number of oxime groups is 1. The lowest BCUT2D eigenvalue weighted by atomic mass is 9.76. The molecule has 1 aliphatic carbocycles. The van der Waals surface area contributed by atoms with E-state index in [1.165, 1.54) is 5.69 Å². The van der Waals surface area contributed by atoms with Crippen molar-refractivity contribution in [2.45, 2.75) is 26.7 Å². The first kappa shape index (κ1) is 15.7. The number of aromatic nitrogens is 1. The lowest BCUT2D eigenvalue weighted by molar-refractivity contribution is 0.305. The fourth-order valence-corrected chi connectivity index (χ4v) is 3.82. The number of fused-ring (bicyclic) bond motifs is 1. The van der Waals surface area contributed by atoms with Crippen molar-refractivity contribution in [3.05, 3.63) is 78.0 Å². The third-order valence-corrected chi connectivity index (χ3v) is 4.91. The van der Waals surface area contributed by atoms with Gasteiger partial charge in [0.2, 0.25) is 0 Å². The van der Waals surface area contributed by atoms with Crippen molar-refractivity contribution < 1.29 is 5.21 Å². The minimum Gasteiger partial charge on any atom is -0.411 e. The second-order valence-corrected chi connectivity index (χ2v) is 7.49. The molecular formula is C22H22N2O.